The number of benzene rings is 3. The van der Waals surface area contributed by atoms with Gasteiger partial charge in [-0.3, -0.25) is 14.5 Å². The number of hydrogen-bond acceptors (Lipinski definition) is 3. The van der Waals surface area contributed by atoms with Crippen LogP contribution in [0.3, 0.4) is 0 Å². The Labute approximate surface area is 219 Å². The molecule has 0 unspecified atom stereocenters. The molecule has 35 heavy (non-hydrogen) atoms. The highest BCUT2D eigenvalue weighted by Gasteiger charge is 2.35. The van der Waals surface area contributed by atoms with Crippen molar-refractivity contribution >= 4 is 74.7 Å². The molecule has 0 radical (unpaired) electrons. The standard InChI is InChI=1S/C26H16Cl3FN2O2S/c27-18-7-5-15(21(28)10-18)12-31-13-17(20-3-1-2-4-23(20)31)9-24-25(33)32(26(34)35-24)14-16-6-8-19(30)11-22(16)29/h1-11,13H,12,14H2. The van der Waals surface area contributed by atoms with Gasteiger partial charge in [-0.25, -0.2) is 4.39 Å². The van der Waals surface area contributed by atoms with Gasteiger partial charge in [-0.1, -0.05) is 65.1 Å². The fourth-order valence-corrected chi connectivity index (χ4v) is 5.48. The van der Waals surface area contributed by atoms with Gasteiger partial charge < -0.3 is 4.57 Å². The minimum atomic E-state index is -0.482. The molecule has 0 N–H and O–H groups in total. The Hall–Kier alpha value is -2.77. The summed E-state index contributed by atoms with van der Waals surface area (Å²) >= 11 is 19.4. The zero-order valence-corrected chi connectivity index (χ0v) is 21.1. The monoisotopic (exact) mass is 544 g/mol. The number of imide groups is 1. The van der Waals surface area contributed by atoms with Crippen LogP contribution >= 0.6 is 46.6 Å². The molecule has 9 heteroatoms. The van der Waals surface area contributed by atoms with Crippen LogP contribution in [-0.4, -0.2) is 20.6 Å². The first kappa shape index (κ1) is 23.9. The minimum Gasteiger partial charge on any atom is -0.342 e. The minimum absolute atomic E-state index is 0.0298. The summed E-state index contributed by atoms with van der Waals surface area (Å²) in [6, 6.07) is 17.1. The van der Waals surface area contributed by atoms with Crippen LogP contribution in [0.4, 0.5) is 9.18 Å². The van der Waals surface area contributed by atoms with Gasteiger partial charge >= 0.3 is 0 Å². The number of halogens is 4. The summed E-state index contributed by atoms with van der Waals surface area (Å²) in [6.07, 6.45) is 3.65. The number of fused-ring (bicyclic) bond motifs is 1. The van der Waals surface area contributed by atoms with Gasteiger partial charge in [0, 0.05) is 44.3 Å². The third-order valence-corrected chi connectivity index (χ3v) is 7.53. The van der Waals surface area contributed by atoms with Gasteiger partial charge in [-0.05, 0) is 59.3 Å². The van der Waals surface area contributed by atoms with E-state index in [1.54, 1.807) is 18.2 Å². The zero-order chi connectivity index (χ0) is 24.7. The van der Waals surface area contributed by atoms with E-state index >= 15 is 0 Å². The van der Waals surface area contributed by atoms with E-state index in [1.165, 1.54) is 12.1 Å². The van der Waals surface area contributed by atoms with Crippen molar-refractivity contribution < 1.29 is 14.0 Å². The van der Waals surface area contributed by atoms with Crippen LogP contribution in [0, 0.1) is 5.82 Å². The van der Waals surface area contributed by atoms with Gasteiger partial charge in [0.2, 0.25) is 0 Å². The van der Waals surface area contributed by atoms with Gasteiger partial charge in [0.1, 0.15) is 5.82 Å². The number of carbonyl (C=O) groups is 2. The molecule has 176 valence electrons. The van der Waals surface area contributed by atoms with Crippen LogP contribution in [0.25, 0.3) is 17.0 Å². The third kappa shape index (κ3) is 4.84. The fraction of sp³-hybridized carbons (Fsp3) is 0.0769. The fourth-order valence-electron chi connectivity index (χ4n) is 3.95. The van der Waals surface area contributed by atoms with Crippen molar-refractivity contribution in [3.8, 4) is 0 Å². The number of aromatic nitrogens is 1. The molecule has 3 aromatic carbocycles. The summed E-state index contributed by atoms with van der Waals surface area (Å²) in [4.78, 5) is 27.1. The SMILES string of the molecule is O=C1SC(=Cc2cn(Cc3ccc(Cl)cc3Cl)c3ccccc23)C(=O)N1Cc1ccc(F)cc1Cl. The van der Waals surface area contributed by atoms with Crippen LogP contribution in [0.2, 0.25) is 15.1 Å². The summed E-state index contributed by atoms with van der Waals surface area (Å²) in [7, 11) is 0. The molecule has 0 spiro atoms. The van der Waals surface area contributed by atoms with Crippen molar-refractivity contribution in [1.29, 1.82) is 0 Å². The van der Waals surface area contributed by atoms with E-state index in [-0.39, 0.29) is 11.6 Å². The quantitative estimate of drug-likeness (QED) is 0.238. The van der Waals surface area contributed by atoms with E-state index in [9.17, 15) is 14.0 Å². The van der Waals surface area contributed by atoms with E-state index in [1.807, 2.05) is 41.1 Å². The van der Waals surface area contributed by atoms with E-state index in [2.05, 4.69) is 0 Å². The first-order valence-electron chi connectivity index (χ1n) is 10.5. The van der Waals surface area contributed by atoms with Crippen molar-refractivity contribution in [2.75, 3.05) is 0 Å². The molecule has 4 nitrogen and oxygen atoms in total. The summed E-state index contributed by atoms with van der Waals surface area (Å²) < 4.78 is 15.4. The lowest BCUT2D eigenvalue weighted by Crippen LogP contribution is -2.27. The van der Waals surface area contributed by atoms with Crippen molar-refractivity contribution in [3.05, 3.63) is 109 Å². The summed E-state index contributed by atoms with van der Waals surface area (Å²) in [5.74, 6) is -0.901. The number of thioether (sulfide) groups is 1. The maximum absolute atomic E-state index is 13.4. The van der Waals surface area contributed by atoms with Gasteiger partial charge in [-0.2, -0.15) is 0 Å². The lowest BCUT2D eigenvalue weighted by molar-refractivity contribution is -0.123. The number of para-hydroxylation sites is 1. The Balaban J connectivity index is 1.47. The molecule has 2 amide bonds. The number of rotatable bonds is 5. The third-order valence-electron chi connectivity index (χ3n) is 5.68. The van der Waals surface area contributed by atoms with E-state index in [0.717, 1.165) is 44.8 Å². The highest BCUT2D eigenvalue weighted by Crippen LogP contribution is 2.36. The zero-order valence-electron chi connectivity index (χ0n) is 18.0. The largest absolute Gasteiger partial charge is 0.342 e. The number of carbonyl (C=O) groups excluding carboxylic acids is 2. The molecule has 5 rings (SSSR count). The molecule has 1 aliphatic heterocycles. The van der Waals surface area contributed by atoms with Gasteiger partial charge in [0.25, 0.3) is 11.1 Å². The Kier molecular flexibility index (Phi) is 6.64. The van der Waals surface area contributed by atoms with E-state index in [0.29, 0.717) is 27.1 Å². The van der Waals surface area contributed by atoms with Crippen molar-refractivity contribution in [2.45, 2.75) is 13.1 Å². The average Bonchev–Trinajstić information content (AvgIpc) is 3.29. The predicted octanol–water partition coefficient (Wildman–Crippen LogP) is 8.03. The lowest BCUT2D eigenvalue weighted by atomic mass is 10.1. The first-order chi connectivity index (χ1) is 16.8. The molecule has 4 aromatic rings. The average molecular weight is 546 g/mol. The van der Waals surface area contributed by atoms with E-state index < -0.39 is 17.0 Å². The highest BCUT2D eigenvalue weighted by atomic mass is 35.5. The summed E-state index contributed by atoms with van der Waals surface area (Å²) in [5.41, 5.74) is 3.16. The molecule has 0 aliphatic carbocycles. The van der Waals surface area contributed by atoms with Gasteiger partial charge in [0.15, 0.2) is 0 Å². The molecule has 1 aromatic heterocycles. The maximum Gasteiger partial charge on any atom is 0.293 e. The van der Waals surface area contributed by atoms with Crippen LogP contribution in [0.1, 0.15) is 16.7 Å². The maximum atomic E-state index is 13.4. The smallest absolute Gasteiger partial charge is 0.293 e. The Morgan fingerprint density at radius 1 is 0.886 bits per heavy atom. The molecular formula is C26H16Cl3FN2O2S. The number of hydrogen-bond donors (Lipinski definition) is 0. The lowest BCUT2D eigenvalue weighted by Gasteiger charge is -2.13. The molecule has 0 atom stereocenters. The van der Waals surface area contributed by atoms with Gasteiger partial charge in [-0.15, -0.1) is 0 Å². The van der Waals surface area contributed by atoms with E-state index in [4.69, 9.17) is 34.8 Å². The molecule has 2 heterocycles. The van der Waals surface area contributed by atoms with Crippen molar-refractivity contribution in [3.63, 3.8) is 0 Å². The second-order valence-corrected chi connectivity index (χ2v) is 10.2. The molecule has 1 fully saturated rings. The second kappa shape index (κ2) is 9.70. The topological polar surface area (TPSA) is 42.3 Å². The van der Waals surface area contributed by atoms with Crippen LogP contribution in [0.5, 0.6) is 0 Å². The first-order valence-corrected chi connectivity index (χ1v) is 12.5. The normalized spacial score (nSPS) is 15.1. The van der Waals surface area contributed by atoms with Crippen LogP contribution in [0.15, 0.2) is 71.8 Å². The molecule has 1 saturated heterocycles. The Morgan fingerprint density at radius 3 is 2.37 bits per heavy atom. The Morgan fingerprint density at radius 2 is 1.60 bits per heavy atom. The van der Waals surface area contributed by atoms with Crippen LogP contribution in [-0.2, 0) is 17.9 Å². The van der Waals surface area contributed by atoms with Crippen molar-refractivity contribution in [2.24, 2.45) is 0 Å². The highest BCUT2D eigenvalue weighted by molar-refractivity contribution is 8.18. The molecular weight excluding hydrogens is 530 g/mol. The number of nitrogens with zero attached hydrogens (tertiary/aromatic N) is 2. The molecule has 0 bridgehead atoms. The number of amides is 2. The predicted molar refractivity (Wildman–Crippen MR) is 140 cm³/mol. The second-order valence-electron chi connectivity index (χ2n) is 7.97. The van der Waals surface area contributed by atoms with Crippen LogP contribution < -0.4 is 0 Å². The van der Waals surface area contributed by atoms with Gasteiger partial charge in [0.05, 0.1) is 11.4 Å². The van der Waals surface area contributed by atoms with Crippen molar-refractivity contribution in [1.82, 2.24) is 9.47 Å². The summed E-state index contributed by atoms with van der Waals surface area (Å²) in [6.45, 7) is 0.479. The molecule has 0 saturated carbocycles. The summed E-state index contributed by atoms with van der Waals surface area (Å²) in [5, 5.41) is 1.83. The molecule has 1 aliphatic rings. The Bertz CT molecular complexity index is 1530.